The van der Waals surface area contributed by atoms with Crippen LogP contribution in [-0.2, 0) is 16.8 Å². The molecule has 3 heterocycles. The van der Waals surface area contributed by atoms with Crippen molar-refractivity contribution < 1.29 is 14.3 Å². The Morgan fingerprint density at radius 1 is 1.28 bits per heavy atom. The van der Waals surface area contributed by atoms with Gasteiger partial charge in [0.25, 0.3) is 0 Å². The van der Waals surface area contributed by atoms with Gasteiger partial charge in [0.2, 0.25) is 17.1 Å². The first-order valence-electron chi connectivity index (χ1n) is 9.88. The maximum Gasteiger partial charge on any atom is 0.227 e. The Bertz CT molecular complexity index is 1100. The molecule has 1 aliphatic rings. The number of hydrogen-bond donors (Lipinski definition) is 2. The van der Waals surface area contributed by atoms with E-state index in [2.05, 4.69) is 15.5 Å². The zero-order valence-electron chi connectivity index (χ0n) is 16.4. The number of aryl methyl sites for hydroxylation is 1. The molecule has 0 saturated heterocycles. The molecule has 3 aromatic rings. The van der Waals surface area contributed by atoms with E-state index in [9.17, 15) is 14.7 Å². The predicted molar refractivity (Wildman–Crippen MR) is 106 cm³/mol. The molecular formula is C21H24N4O4. The molecule has 0 aliphatic heterocycles. The van der Waals surface area contributed by atoms with Gasteiger partial charge in [-0.05, 0) is 31.9 Å². The van der Waals surface area contributed by atoms with Gasteiger partial charge in [-0.25, -0.2) is 0 Å². The molecule has 0 spiro atoms. The third kappa shape index (κ3) is 3.74. The van der Waals surface area contributed by atoms with Crippen LogP contribution in [0.4, 0.5) is 0 Å². The number of aromatic hydroxyl groups is 1. The van der Waals surface area contributed by atoms with E-state index in [1.807, 2.05) is 28.8 Å². The summed E-state index contributed by atoms with van der Waals surface area (Å²) < 4.78 is 7.61. The molecule has 1 saturated carbocycles. The molecule has 1 aliphatic carbocycles. The Balaban J connectivity index is 1.55. The minimum absolute atomic E-state index is 0.143. The van der Waals surface area contributed by atoms with Gasteiger partial charge < -0.3 is 14.8 Å². The quantitative estimate of drug-likeness (QED) is 0.686. The number of rotatable bonds is 5. The summed E-state index contributed by atoms with van der Waals surface area (Å²) in [5, 5.41) is 21.5. The molecule has 2 N–H and O–H groups in total. The minimum Gasteiger partial charge on any atom is -0.502 e. The van der Waals surface area contributed by atoms with Crippen molar-refractivity contribution in [3.8, 4) is 5.75 Å². The lowest BCUT2D eigenvalue weighted by molar-refractivity contribution is -0.123. The maximum atomic E-state index is 12.8. The van der Waals surface area contributed by atoms with Gasteiger partial charge in [-0.3, -0.25) is 14.0 Å². The molecule has 0 bridgehead atoms. The second-order valence-corrected chi connectivity index (χ2v) is 7.74. The van der Waals surface area contributed by atoms with Crippen molar-refractivity contribution in [3.63, 3.8) is 0 Å². The Kier molecular flexibility index (Phi) is 5.08. The molecule has 0 aromatic carbocycles. The number of fused-ring (bicyclic) bond motifs is 1. The van der Waals surface area contributed by atoms with Crippen molar-refractivity contribution in [1.82, 2.24) is 19.9 Å². The van der Waals surface area contributed by atoms with Crippen LogP contribution in [0.25, 0.3) is 5.65 Å². The highest BCUT2D eigenvalue weighted by molar-refractivity contribution is 5.77. The summed E-state index contributed by atoms with van der Waals surface area (Å²) in [5.41, 5.74) is -0.430. The minimum atomic E-state index is -0.676. The van der Waals surface area contributed by atoms with Crippen molar-refractivity contribution in [2.75, 3.05) is 0 Å². The molecule has 8 nitrogen and oxygen atoms in total. The average Bonchev–Trinajstić information content (AvgIpc) is 3.13. The molecular weight excluding hydrogens is 372 g/mol. The average molecular weight is 396 g/mol. The van der Waals surface area contributed by atoms with Gasteiger partial charge in [-0.15, -0.1) is 10.2 Å². The van der Waals surface area contributed by atoms with E-state index < -0.39 is 10.8 Å². The standard InChI is InChI=1S/C21H24N4O4/c1-14-11-15(26)19(28)20(29-14)21(8-4-2-5-9-21)12-18(27)22-13-17-24-23-16-7-3-6-10-25(16)17/h3,6-7,10-11,28H,2,4-5,8-9,12-13H2,1H3,(H,22,27). The summed E-state index contributed by atoms with van der Waals surface area (Å²) in [4.78, 5) is 24.9. The third-order valence-electron chi connectivity index (χ3n) is 5.67. The third-order valence-corrected chi connectivity index (χ3v) is 5.67. The van der Waals surface area contributed by atoms with Crippen molar-refractivity contribution in [2.45, 2.75) is 57.4 Å². The monoisotopic (exact) mass is 396 g/mol. The van der Waals surface area contributed by atoms with Gasteiger partial charge in [0.1, 0.15) is 5.76 Å². The van der Waals surface area contributed by atoms with Gasteiger partial charge in [-0.2, -0.15) is 0 Å². The van der Waals surface area contributed by atoms with Crippen molar-refractivity contribution in [2.24, 2.45) is 0 Å². The van der Waals surface area contributed by atoms with Crippen LogP contribution in [0, 0.1) is 6.92 Å². The van der Waals surface area contributed by atoms with E-state index in [1.54, 1.807) is 6.92 Å². The first-order chi connectivity index (χ1) is 14.0. The van der Waals surface area contributed by atoms with Crippen LogP contribution in [0.1, 0.15) is 55.9 Å². The smallest absolute Gasteiger partial charge is 0.227 e. The number of amides is 1. The number of pyridine rings is 1. The number of nitrogens with one attached hydrogen (secondary N) is 1. The number of carbonyl (C=O) groups excluding carboxylic acids is 1. The highest BCUT2D eigenvalue weighted by Gasteiger charge is 2.41. The van der Waals surface area contributed by atoms with Crippen LogP contribution in [0.3, 0.4) is 0 Å². The summed E-state index contributed by atoms with van der Waals surface area (Å²) in [7, 11) is 0. The summed E-state index contributed by atoms with van der Waals surface area (Å²) in [6.07, 6.45) is 6.26. The summed E-state index contributed by atoms with van der Waals surface area (Å²) in [6.45, 7) is 1.92. The summed E-state index contributed by atoms with van der Waals surface area (Å²) in [6, 6.07) is 6.87. The van der Waals surface area contributed by atoms with Crippen LogP contribution in [0.2, 0.25) is 0 Å². The fourth-order valence-electron chi connectivity index (χ4n) is 4.23. The summed E-state index contributed by atoms with van der Waals surface area (Å²) in [5.74, 6) is 0.752. The molecule has 3 aromatic heterocycles. The van der Waals surface area contributed by atoms with Crippen LogP contribution in [0.15, 0.2) is 39.7 Å². The molecule has 0 unspecified atom stereocenters. The normalized spacial score (nSPS) is 16.0. The largest absolute Gasteiger partial charge is 0.502 e. The number of carbonyl (C=O) groups is 1. The van der Waals surface area contributed by atoms with Crippen LogP contribution >= 0.6 is 0 Å². The van der Waals surface area contributed by atoms with E-state index in [1.165, 1.54) is 6.07 Å². The topological polar surface area (TPSA) is 110 Å². The van der Waals surface area contributed by atoms with Gasteiger partial charge in [0.15, 0.2) is 17.2 Å². The van der Waals surface area contributed by atoms with Crippen LogP contribution < -0.4 is 10.7 Å². The van der Waals surface area contributed by atoms with Gasteiger partial charge >= 0.3 is 0 Å². The molecule has 152 valence electrons. The number of hydrogen-bond acceptors (Lipinski definition) is 6. The lowest BCUT2D eigenvalue weighted by Crippen LogP contribution is -2.37. The number of aromatic nitrogens is 3. The molecule has 29 heavy (non-hydrogen) atoms. The van der Waals surface area contributed by atoms with E-state index in [0.29, 0.717) is 30.1 Å². The van der Waals surface area contributed by atoms with E-state index >= 15 is 0 Å². The zero-order valence-corrected chi connectivity index (χ0v) is 16.4. The molecule has 8 heteroatoms. The van der Waals surface area contributed by atoms with Crippen molar-refractivity contribution in [1.29, 1.82) is 0 Å². The molecule has 1 amide bonds. The molecule has 0 atom stereocenters. The number of nitrogens with zero attached hydrogens (tertiary/aromatic N) is 3. The maximum absolute atomic E-state index is 12.8. The van der Waals surface area contributed by atoms with E-state index in [0.717, 1.165) is 19.3 Å². The van der Waals surface area contributed by atoms with Gasteiger partial charge in [0, 0.05) is 24.1 Å². The van der Waals surface area contributed by atoms with Gasteiger partial charge in [-0.1, -0.05) is 25.3 Å². The lowest BCUT2D eigenvalue weighted by atomic mass is 9.69. The van der Waals surface area contributed by atoms with Crippen molar-refractivity contribution >= 4 is 11.6 Å². The Morgan fingerprint density at radius 3 is 2.86 bits per heavy atom. The highest BCUT2D eigenvalue weighted by Crippen LogP contribution is 2.44. The van der Waals surface area contributed by atoms with Crippen molar-refractivity contribution in [3.05, 3.63) is 58.0 Å². The molecule has 4 rings (SSSR count). The first kappa shape index (κ1) is 19.2. The molecule has 0 radical (unpaired) electrons. The fraction of sp³-hybridized carbons (Fsp3) is 0.429. The second kappa shape index (κ2) is 7.69. The Morgan fingerprint density at radius 2 is 2.07 bits per heavy atom. The highest BCUT2D eigenvalue weighted by atomic mass is 16.4. The predicted octanol–water partition coefficient (Wildman–Crippen LogP) is 2.60. The Labute approximate surface area is 167 Å². The lowest BCUT2D eigenvalue weighted by Gasteiger charge is -2.36. The Hall–Kier alpha value is -3.16. The summed E-state index contributed by atoms with van der Waals surface area (Å²) >= 11 is 0. The second-order valence-electron chi connectivity index (χ2n) is 7.74. The molecule has 1 fully saturated rings. The fourth-order valence-corrected chi connectivity index (χ4v) is 4.23. The van der Waals surface area contributed by atoms with E-state index in [-0.39, 0.29) is 30.4 Å². The van der Waals surface area contributed by atoms with Crippen LogP contribution in [0.5, 0.6) is 5.75 Å². The van der Waals surface area contributed by atoms with Crippen LogP contribution in [-0.4, -0.2) is 25.6 Å². The van der Waals surface area contributed by atoms with Gasteiger partial charge in [0.05, 0.1) is 6.54 Å². The SMILES string of the molecule is Cc1cc(=O)c(O)c(C2(CC(=O)NCc3nnc4ccccn34)CCCCC2)o1. The zero-order chi connectivity index (χ0) is 20.4. The first-order valence-corrected chi connectivity index (χ1v) is 9.88. The van der Waals surface area contributed by atoms with E-state index in [4.69, 9.17) is 4.42 Å².